The van der Waals surface area contributed by atoms with Crippen LogP contribution in [0, 0.1) is 35.5 Å². The third kappa shape index (κ3) is 2.15. The van der Waals surface area contributed by atoms with Crippen molar-refractivity contribution in [3.63, 3.8) is 0 Å². The maximum Gasteiger partial charge on any atom is 0.416 e. The molecule has 0 spiro atoms. The molecule has 0 unspecified atom stereocenters. The van der Waals surface area contributed by atoms with E-state index in [0.717, 1.165) is 18.6 Å². The van der Waals surface area contributed by atoms with Crippen molar-refractivity contribution in [2.24, 2.45) is 35.5 Å². The monoisotopic (exact) mass is 362 g/mol. The fourth-order valence-electron chi connectivity index (χ4n) is 5.15. The number of carbonyl (C=O) groups is 2. The average Bonchev–Trinajstić information content (AvgIpc) is 3.38. The molecule has 2 bridgehead atoms. The molecular weight excluding hydrogens is 345 g/mol. The lowest BCUT2D eigenvalue weighted by Gasteiger charge is -2.37. The Kier molecular flexibility index (Phi) is 3.13. The van der Waals surface area contributed by atoms with Gasteiger partial charge in [-0.05, 0) is 48.3 Å². The van der Waals surface area contributed by atoms with Crippen molar-refractivity contribution < 1.29 is 22.8 Å². The summed E-state index contributed by atoms with van der Waals surface area (Å²) >= 11 is 0. The molecular formula is C19H17F3N2O2. The number of rotatable bonds is 3. The van der Waals surface area contributed by atoms with Crippen LogP contribution in [0.5, 0.6) is 0 Å². The van der Waals surface area contributed by atoms with Crippen LogP contribution in [0.2, 0.25) is 0 Å². The Morgan fingerprint density at radius 3 is 2.23 bits per heavy atom. The van der Waals surface area contributed by atoms with E-state index in [1.165, 1.54) is 17.0 Å². The summed E-state index contributed by atoms with van der Waals surface area (Å²) in [5, 5.41) is 2.81. The quantitative estimate of drug-likeness (QED) is 0.664. The molecule has 4 nitrogen and oxygen atoms in total. The molecule has 1 heterocycles. The van der Waals surface area contributed by atoms with Crippen molar-refractivity contribution in [1.29, 1.82) is 0 Å². The van der Waals surface area contributed by atoms with Crippen LogP contribution < -0.4 is 5.32 Å². The van der Waals surface area contributed by atoms with E-state index in [0.29, 0.717) is 11.8 Å². The smallest absolute Gasteiger partial charge is 0.367 e. The van der Waals surface area contributed by atoms with Crippen LogP contribution in [0.15, 0.2) is 36.4 Å². The second-order valence-electron chi connectivity index (χ2n) is 7.67. The van der Waals surface area contributed by atoms with Gasteiger partial charge in [0.05, 0.1) is 24.1 Å². The zero-order chi connectivity index (χ0) is 18.2. The third-order valence-corrected chi connectivity index (χ3v) is 6.39. The summed E-state index contributed by atoms with van der Waals surface area (Å²) in [6.45, 7) is -0.0965. The van der Waals surface area contributed by atoms with E-state index in [1.807, 2.05) is 0 Å². The van der Waals surface area contributed by atoms with Crippen molar-refractivity contribution in [2.45, 2.75) is 12.6 Å². The average molecular weight is 362 g/mol. The highest BCUT2D eigenvalue weighted by Crippen LogP contribution is 2.65. The predicted molar refractivity (Wildman–Crippen MR) is 86.5 cm³/mol. The van der Waals surface area contributed by atoms with Gasteiger partial charge >= 0.3 is 6.18 Å². The second kappa shape index (κ2) is 5.11. The van der Waals surface area contributed by atoms with Gasteiger partial charge in [0.2, 0.25) is 11.8 Å². The minimum atomic E-state index is -4.43. The molecule has 2 amide bonds. The van der Waals surface area contributed by atoms with Crippen LogP contribution in [-0.4, -0.2) is 23.4 Å². The van der Waals surface area contributed by atoms with Gasteiger partial charge in [-0.25, -0.2) is 0 Å². The SMILES string of the molecule is O=C1[C@@H]2[C@@H]3C=C[C@H]([C@H]4C[C@@H]34)[C@@H]2C(=O)N1CNc1cccc(C(F)(F)F)c1. The van der Waals surface area contributed by atoms with E-state index in [9.17, 15) is 22.8 Å². The zero-order valence-corrected chi connectivity index (χ0v) is 13.7. The van der Waals surface area contributed by atoms with Gasteiger partial charge in [-0.2, -0.15) is 13.2 Å². The van der Waals surface area contributed by atoms with E-state index >= 15 is 0 Å². The first kappa shape index (κ1) is 15.9. The molecule has 4 aliphatic carbocycles. The summed E-state index contributed by atoms with van der Waals surface area (Å²) in [5.74, 6) is 0.385. The van der Waals surface area contributed by atoms with E-state index in [1.54, 1.807) is 0 Å². The molecule has 1 aromatic rings. The number of nitrogens with one attached hydrogen (secondary N) is 1. The summed E-state index contributed by atoms with van der Waals surface area (Å²) < 4.78 is 38.4. The number of alkyl halides is 3. The van der Waals surface area contributed by atoms with Crippen LogP contribution in [-0.2, 0) is 15.8 Å². The van der Waals surface area contributed by atoms with Gasteiger partial charge in [-0.15, -0.1) is 0 Å². The van der Waals surface area contributed by atoms with Gasteiger partial charge in [0.1, 0.15) is 0 Å². The van der Waals surface area contributed by atoms with E-state index in [4.69, 9.17) is 0 Å². The number of carbonyl (C=O) groups excluding carboxylic acids is 2. The molecule has 0 radical (unpaired) electrons. The summed E-state index contributed by atoms with van der Waals surface area (Å²) in [6.07, 6.45) is 0.847. The fraction of sp³-hybridized carbons (Fsp3) is 0.474. The highest BCUT2D eigenvalue weighted by molar-refractivity contribution is 6.06. The number of imide groups is 1. The van der Waals surface area contributed by atoms with E-state index in [2.05, 4.69) is 17.5 Å². The summed E-state index contributed by atoms with van der Waals surface area (Å²) in [5.41, 5.74) is -0.531. The van der Waals surface area contributed by atoms with Gasteiger partial charge in [0.15, 0.2) is 0 Å². The molecule has 1 saturated heterocycles. The topological polar surface area (TPSA) is 49.4 Å². The van der Waals surface area contributed by atoms with Crippen LogP contribution in [0.25, 0.3) is 0 Å². The Labute approximate surface area is 148 Å². The second-order valence-corrected chi connectivity index (χ2v) is 7.67. The van der Waals surface area contributed by atoms with Crippen molar-refractivity contribution in [3.05, 3.63) is 42.0 Å². The van der Waals surface area contributed by atoms with E-state index in [-0.39, 0.29) is 47.8 Å². The summed E-state index contributed by atoms with van der Waals surface area (Å²) in [4.78, 5) is 26.8. The predicted octanol–water partition coefficient (Wildman–Crippen LogP) is 3.13. The van der Waals surface area contributed by atoms with Crippen LogP contribution in [0.3, 0.4) is 0 Å². The van der Waals surface area contributed by atoms with Gasteiger partial charge in [-0.3, -0.25) is 14.5 Å². The Hall–Kier alpha value is -2.31. The Morgan fingerprint density at radius 2 is 1.65 bits per heavy atom. The maximum atomic E-state index is 12.8. The molecule has 0 aromatic heterocycles. The van der Waals surface area contributed by atoms with E-state index < -0.39 is 11.7 Å². The summed E-state index contributed by atoms with van der Waals surface area (Å²) in [6, 6.07) is 4.77. The minimum Gasteiger partial charge on any atom is -0.367 e. The van der Waals surface area contributed by atoms with Crippen molar-refractivity contribution in [1.82, 2.24) is 4.90 Å². The van der Waals surface area contributed by atoms with Crippen molar-refractivity contribution >= 4 is 17.5 Å². The number of amides is 2. The molecule has 1 aromatic carbocycles. The van der Waals surface area contributed by atoms with Crippen molar-refractivity contribution in [3.8, 4) is 0 Å². The molecule has 1 aliphatic heterocycles. The summed E-state index contributed by atoms with van der Waals surface area (Å²) in [7, 11) is 0. The standard InChI is InChI=1S/C19H17F3N2O2/c20-19(21,22)9-2-1-3-10(6-9)23-8-24-17(25)15-11-4-5-12(14-7-13(11)14)16(15)18(24)26/h1-6,11-16,23H,7-8H2/t11-,12-,13-,14+,15+,16-/m1/s1. The number of likely N-dealkylation sites (tertiary alicyclic amines) is 1. The first-order valence-corrected chi connectivity index (χ1v) is 8.81. The Bertz CT molecular complexity index is 798. The first-order valence-electron chi connectivity index (χ1n) is 8.81. The highest BCUT2D eigenvalue weighted by atomic mass is 19.4. The number of allylic oxidation sites excluding steroid dienone is 2. The zero-order valence-electron chi connectivity index (χ0n) is 13.7. The van der Waals surface area contributed by atoms with Crippen molar-refractivity contribution in [2.75, 3.05) is 12.0 Å². The normalized spacial score (nSPS) is 37.0. The minimum absolute atomic E-state index is 0.0965. The number of nitrogens with zero attached hydrogens (tertiary/aromatic N) is 1. The molecule has 5 aliphatic rings. The molecule has 136 valence electrons. The number of anilines is 1. The lowest BCUT2D eigenvalue weighted by Crippen LogP contribution is -2.40. The number of halogens is 3. The molecule has 3 fully saturated rings. The molecule has 6 rings (SSSR count). The lowest BCUT2D eigenvalue weighted by molar-refractivity contribution is -0.140. The molecule has 7 heteroatoms. The largest absolute Gasteiger partial charge is 0.416 e. The molecule has 26 heavy (non-hydrogen) atoms. The number of benzene rings is 1. The van der Waals surface area contributed by atoms with Crippen LogP contribution in [0.4, 0.5) is 18.9 Å². The van der Waals surface area contributed by atoms with Crippen LogP contribution in [0.1, 0.15) is 12.0 Å². The van der Waals surface area contributed by atoms with Gasteiger partial charge in [0.25, 0.3) is 0 Å². The maximum absolute atomic E-state index is 12.8. The third-order valence-electron chi connectivity index (χ3n) is 6.39. The van der Waals surface area contributed by atoms with Gasteiger partial charge in [0, 0.05) is 5.69 Å². The molecule has 6 atom stereocenters. The number of hydrogen-bond acceptors (Lipinski definition) is 3. The molecule has 2 saturated carbocycles. The Morgan fingerprint density at radius 1 is 1.04 bits per heavy atom. The van der Waals surface area contributed by atoms with Crippen LogP contribution >= 0.6 is 0 Å². The first-order chi connectivity index (χ1) is 12.4. The number of hydrogen-bond donors (Lipinski definition) is 1. The Balaban J connectivity index is 1.33. The fourth-order valence-corrected chi connectivity index (χ4v) is 5.15. The lowest BCUT2D eigenvalue weighted by atomic mass is 9.63. The van der Waals surface area contributed by atoms with Gasteiger partial charge in [-0.1, -0.05) is 18.2 Å². The molecule has 1 N–H and O–H groups in total. The van der Waals surface area contributed by atoms with Gasteiger partial charge < -0.3 is 5.32 Å². The highest BCUT2D eigenvalue weighted by Gasteiger charge is 2.66.